The van der Waals surface area contributed by atoms with Gasteiger partial charge in [-0.15, -0.1) is 0 Å². The fourth-order valence-corrected chi connectivity index (χ4v) is 3.69. The van der Waals surface area contributed by atoms with Gasteiger partial charge in [0.1, 0.15) is 15.8 Å². The summed E-state index contributed by atoms with van der Waals surface area (Å²) in [6.45, 7) is 2.03. The molecule has 2 heterocycles. The normalized spacial score (nSPS) is 17.2. The highest BCUT2D eigenvalue weighted by atomic mass is 79.9. The van der Waals surface area contributed by atoms with Crippen LogP contribution in [0.2, 0.25) is 0 Å². The summed E-state index contributed by atoms with van der Waals surface area (Å²) in [7, 11) is 0. The summed E-state index contributed by atoms with van der Waals surface area (Å²) < 4.78 is 13.0. The first-order valence-electron chi connectivity index (χ1n) is 7.31. The minimum Gasteiger partial charge on any atom is -0.482 e. The molecule has 2 aromatic rings. The first-order chi connectivity index (χ1) is 11.6. The number of carbonyl (C=O) groups excluding carboxylic acids is 1. The Kier molecular flexibility index (Phi) is 5.43. The van der Waals surface area contributed by atoms with E-state index >= 15 is 0 Å². The third-order valence-corrected chi connectivity index (χ3v) is 5.06. The Hall–Kier alpha value is -1.57. The highest BCUT2D eigenvalue weighted by Crippen LogP contribution is 2.34. The molecule has 0 spiro atoms. The van der Waals surface area contributed by atoms with Gasteiger partial charge in [-0.25, -0.2) is 0 Å². The van der Waals surface area contributed by atoms with E-state index in [1.165, 1.54) is 11.8 Å². The molecule has 4 nitrogen and oxygen atoms in total. The van der Waals surface area contributed by atoms with E-state index in [-0.39, 0.29) is 12.0 Å². The maximum absolute atomic E-state index is 11.9. The van der Waals surface area contributed by atoms with Gasteiger partial charge in [0, 0.05) is 10.0 Å². The molecule has 0 radical (unpaired) electrons. The van der Waals surface area contributed by atoms with Crippen molar-refractivity contribution >= 4 is 56.2 Å². The second-order valence-corrected chi connectivity index (χ2v) is 7.70. The van der Waals surface area contributed by atoms with Gasteiger partial charge < -0.3 is 14.5 Å². The highest BCUT2D eigenvalue weighted by molar-refractivity contribution is 9.10. The minimum absolute atomic E-state index is 0.186. The summed E-state index contributed by atoms with van der Waals surface area (Å²) in [5, 5.41) is 2.62. The monoisotopic (exact) mass is 423 g/mol. The second-order valence-electron chi connectivity index (χ2n) is 5.06. The molecule has 1 N–H and O–H groups in total. The zero-order chi connectivity index (χ0) is 17.1. The molecule has 1 amide bonds. The zero-order valence-electron chi connectivity index (χ0n) is 12.7. The summed E-state index contributed by atoms with van der Waals surface area (Å²) in [6.07, 6.45) is 3.99. The molecule has 1 unspecified atom stereocenters. The third kappa shape index (κ3) is 3.91. The number of furan rings is 1. The molecule has 0 bridgehead atoms. The molecule has 24 heavy (non-hydrogen) atoms. The molecule has 0 saturated carbocycles. The lowest BCUT2D eigenvalue weighted by Crippen LogP contribution is -2.17. The smallest absolute Gasteiger partial charge is 0.263 e. The van der Waals surface area contributed by atoms with Crippen LogP contribution in [0, 0.1) is 0 Å². The van der Waals surface area contributed by atoms with Crippen LogP contribution in [0.25, 0.3) is 6.08 Å². The first-order valence-corrected chi connectivity index (χ1v) is 9.33. The SMILES string of the molecule is CCC(Oc1ccc(Br)cc1/C=C1/SC(=S)NC1=O)c1ccco1. The van der Waals surface area contributed by atoms with E-state index < -0.39 is 0 Å². The maximum Gasteiger partial charge on any atom is 0.263 e. The summed E-state index contributed by atoms with van der Waals surface area (Å²) >= 11 is 9.73. The predicted molar refractivity (Wildman–Crippen MR) is 103 cm³/mol. The third-order valence-electron chi connectivity index (χ3n) is 3.40. The Morgan fingerprint density at radius 2 is 2.29 bits per heavy atom. The molecule has 1 fully saturated rings. The highest BCUT2D eigenvalue weighted by Gasteiger charge is 2.23. The van der Waals surface area contributed by atoms with Gasteiger partial charge in [0.25, 0.3) is 5.91 Å². The fraction of sp³-hybridized carbons (Fsp3) is 0.176. The van der Waals surface area contributed by atoms with Gasteiger partial charge in [-0.1, -0.05) is 46.8 Å². The molecule has 0 aliphatic carbocycles. The van der Waals surface area contributed by atoms with E-state index in [9.17, 15) is 4.79 Å². The van der Waals surface area contributed by atoms with Gasteiger partial charge in [0.15, 0.2) is 6.10 Å². The number of hydrogen-bond donors (Lipinski definition) is 1. The average Bonchev–Trinajstić information content (AvgIpc) is 3.17. The van der Waals surface area contributed by atoms with Gasteiger partial charge >= 0.3 is 0 Å². The summed E-state index contributed by atoms with van der Waals surface area (Å²) in [6, 6.07) is 9.42. The van der Waals surface area contributed by atoms with Crippen LogP contribution in [0.4, 0.5) is 0 Å². The number of benzene rings is 1. The van der Waals surface area contributed by atoms with Crippen LogP contribution in [-0.2, 0) is 4.79 Å². The van der Waals surface area contributed by atoms with E-state index in [1.54, 1.807) is 12.3 Å². The number of thiocarbonyl (C=S) groups is 1. The van der Waals surface area contributed by atoms with Crippen molar-refractivity contribution < 1.29 is 13.9 Å². The van der Waals surface area contributed by atoms with Crippen molar-refractivity contribution in [1.29, 1.82) is 0 Å². The van der Waals surface area contributed by atoms with E-state index in [4.69, 9.17) is 21.4 Å². The summed E-state index contributed by atoms with van der Waals surface area (Å²) in [5.74, 6) is 1.27. The topological polar surface area (TPSA) is 51.5 Å². The Labute approximate surface area is 157 Å². The van der Waals surface area contributed by atoms with Crippen molar-refractivity contribution in [1.82, 2.24) is 5.32 Å². The van der Waals surface area contributed by atoms with Gasteiger partial charge in [-0.05, 0) is 42.8 Å². The van der Waals surface area contributed by atoms with Crippen molar-refractivity contribution in [2.24, 2.45) is 0 Å². The zero-order valence-corrected chi connectivity index (χ0v) is 16.0. The van der Waals surface area contributed by atoms with Gasteiger partial charge in [0.05, 0.1) is 11.2 Å². The number of thioether (sulfide) groups is 1. The van der Waals surface area contributed by atoms with E-state index in [0.29, 0.717) is 15.0 Å². The van der Waals surface area contributed by atoms with Crippen LogP contribution >= 0.6 is 39.9 Å². The lowest BCUT2D eigenvalue weighted by atomic mass is 10.1. The van der Waals surface area contributed by atoms with Gasteiger partial charge in [-0.2, -0.15) is 0 Å². The largest absolute Gasteiger partial charge is 0.482 e. The van der Waals surface area contributed by atoms with E-state index in [0.717, 1.165) is 22.2 Å². The number of nitrogens with one attached hydrogen (secondary N) is 1. The maximum atomic E-state index is 11.9. The Morgan fingerprint density at radius 3 is 2.92 bits per heavy atom. The van der Waals surface area contributed by atoms with E-state index in [2.05, 4.69) is 21.2 Å². The van der Waals surface area contributed by atoms with Crippen LogP contribution in [0.5, 0.6) is 5.75 Å². The van der Waals surface area contributed by atoms with Crippen molar-refractivity contribution in [2.75, 3.05) is 0 Å². The molecule has 1 aliphatic heterocycles. The van der Waals surface area contributed by atoms with Crippen LogP contribution in [-0.4, -0.2) is 10.2 Å². The molecule has 1 aromatic heterocycles. The molecule has 124 valence electrons. The molecular formula is C17H14BrNO3S2. The van der Waals surface area contributed by atoms with Crippen molar-refractivity contribution in [3.63, 3.8) is 0 Å². The second kappa shape index (κ2) is 7.55. The van der Waals surface area contributed by atoms with Gasteiger partial charge in [0.2, 0.25) is 0 Å². The summed E-state index contributed by atoms with van der Waals surface area (Å²) in [5.41, 5.74) is 0.803. The predicted octanol–water partition coefficient (Wildman–Crippen LogP) is 5.06. The molecule has 3 rings (SSSR count). The summed E-state index contributed by atoms with van der Waals surface area (Å²) in [4.78, 5) is 12.4. The Balaban J connectivity index is 1.92. The van der Waals surface area contributed by atoms with Crippen molar-refractivity contribution in [2.45, 2.75) is 19.4 Å². The molecule has 1 aromatic carbocycles. The van der Waals surface area contributed by atoms with Crippen LogP contribution in [0.1, 0.15) is 30.8 Å². The number of ether oxygens (including phenoxy) is 1. The van der Waals surface area contributed by atoms with Crippen LogP contribution in [0.3, 0.4) is 0 Å². The lowest BCUT2D eigenvalue weighted by molar-refractivity contribution is -0.115. The standard InChI is InChI=1S/C17H14BrNO3S2/c1-2-12(14-4-3-7-21-14)22-13-6-5-11(18)8-10(13)9-15-16(20)19-17(23)24-15/h3-9,12H,2H2,1H3,(H,19,20,23)/b15-9+. The number of amides is 1. The number of halogens is 1. The molecule has 1 saturated heterocycles. The Bertz CT molecular complexity index is 802. The fourth-order valence-electron chi connectivity index (χ4n) is 2.27. The number of hydrogen-bond acceptors (Lipinski definition) is 5. The first kappa shape index (κ1) is 17.3. The molecular weight excluding hydrogens is 410 g/mol. The van der Waals surface area contributed by atoms with Crippen LogP contribution < -0.4 is 10.1 Å². The minimum atomic E-state index is -0.190. The van der Waals surface area contributed by atoms with Crippen molar-refractivity contribution in [3.8, 4) is 5.75 Å². The molecule has 7 heteroatoms. The molecule has 1 aliphatic rings. The number of rotatable bonds is 5. The van der Waals surface area contributed by atoms with E-state index in [1.807, 2.05) is 37.3 Å². The quantitative estimate of drug-likeness (QED) is 0.537. The molecule has 1 atom stereocenters. The Morgan fingerprint density at radius 1 is 1.46 bits per heavy atom. The van der Waals surface area contributed by atoms with Crippen LogP contribution in [0.15, 0.2) is 50.4 Å². The number of carbonyl (C=O) groups is 1. The lowest BCUT2D eigenvalue weighted by Gasteiger charge is -2.17. The average molecular weight is 424 g/mol. The van der Waals surface area contributed by atoms with Crippen molar-refractivity contribution in [3.05, 3.63) is 57.3 Å². The van der Waals surface area contributed by atoms with Gasteiger partial charge in [-0.3, -0.25) is 4.79 Å².